The van der Waals surface area contributed by atoms with Crippen molar-refractivity contribution in [3.8, 4) is 11.5 Å². The second-order valence-electron chi connectivity index (χ2n) is 6.95. The lowest BCUT2D eigenvalue weighted by Gasteiger charge is -2.25. The second-order valence-corrected chi connectivity index (χ2v) is 9.60. The van der Waals surface area contributed by atoms with E-state index in [0.717, 1.165) is 16.4 Å². The van der Waals surface area contributed by atoms with Crippen LogP contribution in [0, 0.1) is 10.1 Å². The van der Waals surface area contributed by atoms with Crippen LogP contribution < -0.4 is 19.1 Å². The van der Waals surface area contributed by atoms with Gasteiger partial charge >= 0.3 is 0 Å². The van der Waals surface area contributed by atoms with Gasteiger partial charge in [0.1, 0.15) is 18.0 Å². The van der Waals surface area contributed by atoms with E-state index in [2.05, 4.69) is 5.32 Å². The number of carbonyl (C=O) groups is 1. The van der Waals surface area contributed by atoms with Crippen LogP contribution in [0.1, 0.15) is 0 Å². The third-order valence-electron chi connectivity index (χ3n) is 4.78. The number of carbonyl (C=O) groups excluding carboxylic acids is 1. The number of ether oxygens (including phenoxy) is 2. The Morgan fingerprint density at radius 3 is 2.37 bits per heavy atom. The maximum atomic E-state index is 13.7. The molecule has 3 aromatic rings. The van der Waals surface area contributed by atoms with E-state index in [1.54, 1.807) is 0 Å². The molecular weight excluding hydrogens is 521 g/mol. The molecule has 0 fully saturated rings. The summed E-state index contributed by atoms with van der Waals surface area (Å²) in [5, 5.41) is 14.5. The van der Waals surface area contributed by atoms with Crippen molar-refractivity contribution in [2.45, 2.75) is 4.90 Å². The van der Waals surface area contributed by atoms with E-state index < -0.39 is 38.0 Å². The summed E-state index contributed by atoms with van der Waals surface area (Å²) in [6.07, 6.45) is 0. The summed E-state index contributed by atoms with van der Waals surface area (Å²) in [5.41, 5.74) is -0.403. The van der Waals surface area contributed by atoms with E-state index in [1.807, 2.05) is 0 Å². The highest BCUT2D eigenvalue weighted by Crippen LogP contribution is 2.37. The molecule has 0 bridgehead atoms. The van der Waals surface area contributed by atoms with E-state index in [9.17, 15) is 23.3 Å². The molecule has 0 radical (unpaired) electrons. The lowest BCUT2D eigenvalue weighted by Crippen LogP contribution is -2.38. The molecule has 3 rings (SSSR count). The van der Waals surface area contributed by atoms with Crippen molar-refractivity contribution in [1.29, 1.82) is 0 Å². The van der Waals surface area contributed by atoms with Gasteiger partial charge in [0.05, 0.1) is 34.9 Å². The molecule has 0 saturated carbocycles. The number of hydrogen-bond acceptors (Lipinski definition) is 7. The highest BCUT2D eigenvalue weighted by molar-refractivity contribution is 7.93. The van der Waals surface area contributed by atoms with Gasteiger partial charge in [-0.15, -0.1) is 0 Å². The number of methoxy groups -OCH3 is 2. The topological polar surface area (TPSA) is 128 Å². The third kappa shape index (κ3) is 5.76. The van der Waals surface area contributed by atoms with Crippen molar-refractivity contribution in [1.82, 2.24) is 0 Å². The first-order valence-corrected chi connectivity index (χ1v) is 12.0. The number of amides is 1. The zero-order valence-electron chi connectivity index (χ0n) is 18.4. The predicted octanol–water partition coefficient (Wildman–Crippen LogP) is 4.75. The zero-order chi connectivity index (χ0) is 25.8. The molecule has 10 nitrogen and oxygen atoms in total. The van der Waals surface area contributed by atoms with Crippen LogP contribution in [-0.2, 0) is 14.8 Å². The van der Waals surface area contributed by atoms with Gasteiger partial charge < -0.3 is 14.8 Å². The summed E-state index contributed by atoms with van der Waals surface area (Å²) in [7, 11) is -1.89. The molecule has 0 aromatic heterocycles. The third-order valence-corrected chi connectivity index (χ3v) is 7.32. The van der Waals surface area contributed by atoms with Crippen molar-refractivity contribution in [3.05, 3.63) is 80.8 Å². The van der Waals surface area contributed by atoms with Crippen molar-refractivity contribution in [2.75, 3.05) is 30.4 Å². The summed E-state index contributed by atoms with van der Waals surface area (Å²) in [4.78, 5) is 23.0. The first-order chi connectivity index (χ1) is 16.6. The van der Waals surface area contributed by atoms with Crippen molar-refractivity contribution >= 4 is 56.2 Å². The van der Waals surface area contributed by atoms with Crippen molar-refractivity contribution in [2.24, 2.45) is 0 Å². The molecule has 0 atom stereocenters. The monoisotopic (exact) mass is 539 g/mol. The van der Waals surface area contributed by atoms with Gasteiger partial charge in [-0.05, 0) is 36.4 Å². The second kappa shape index (κ2) is 10.8. The molecule has 0 spiro atoms. The fraction of sp³-hybridized carbons (Fsp3) is 0.136. The van der Waals surface area contributed by atoms with E-state index >= 15 is 0 Å². The molecule has 3 aromatic carbocycles. The molecule has 0 aliphatic rings. The summed E-state index contributed by atoms with van der Waals surface area (Å²) >= 11 is 11.9. The number of nitro groups is 1. The van der Waals surface area contributed by atoms with Gasteiger partial charge in [0.2, 0.25) is 5.91 Å². The molecule has 184 valence electrons. The molecule has 1 amide bonds. The van der Waals surface area contributed by atoms with Crippen LogP contribution >= 0.6 is 23.2 Å². The van der Waals surface area contributed by atoms with Crippen LogP contribution in [0.2, 0.25) is 10.0 Å². The van der Waals surface area contributed by atoms with Gasteiger partial charge in [0.25, 0.3) is 15.7 Å². The van der Waals surface area contributed by atoms with Crippen LogP contribution in [0.4, 0.5) is 17.1 Å². The molecular formula is C22H19Cl2N3O7S. The SMILES string of the molecule is COc1ccc(N(CC(=O)Nc2ccc(Cl)c(Cl)c2)S(=O)(=O)c2ccccc2[N+](=O)[O-])c(OC)c1. The number of nitrogens with one attached hydrogen (secondary N) is 1. The number of halogens is 2. The fourth-order valence-electron chi connectivity index (χ4n) is 3.14. The number of anilines is 2. The number of sulfonamides is 1. The Kier molecular flexibility index (Phi) is 8.05. The van der Waals surface area contributed by atoms with Crippen LogP contribution in [0.5, 0.6) is 11.5 Å². The average Bonchev–Trinajstić information content (AvgIpc) is 2.84. The number of nitrogens with zero attached hydrogens (tertiary/aromatic N) is 2. The van der Waals surface area contributed by atoms with E-state index in [0.29, 0.717) is 5.75 Å². The molecule has 13 heteroatoms. The number of benzene rings is 3. The predicted molar refractivity (Wildman–Crippen MR) is 132 cm³/mol. The van der Waals surface area contributed by atoms with E-state index in [1.165, 1.54) is 62.8 Å². The Morgan fingerprint density at radius 2 is 1.74 bits per heavy atom. The summed E-state index contributed by atoms with van der Waals surface area (Å²) in [5.74, 6) is -0.314. The maximum absolute atomic E-state index is 13.7. The van der Waals surface area contributed by atoms with Crippen LogP contribution in [0.15, 0.2) is 65.6 Å². The Labute approximate surface area is 211 Å². The highest BCUT2D eigenvalue weighted by Gasteiger charge is 2.34. The van der Waals surface area contributed by atoms with Gasteiger partial charge in [-0.1, -0.05) is 35.3 Å². The maximum Gasteiger partial charge on any atom is 0.289 e. The summed E-state index contributed by atoms with van der Waals surface area (Å²) in [6.45, 7) is -0.739. The number of hydrogen-bond donors (Lipinski definition) is 1. The largest absolute Gasteiger partial charge is 0.497 e. The molecule has 0 unspecified atom stereocenters. The van der Waals surface area contributed by atoms with Gasteiger partial charge in [-0.3, -0.25) is 19.2 Å². The van der Waals surface area contributed by atoms with E-state index in [4.69, 9.17) is 32.7 Å². The van der Waals surface area contributed by atoms with Crippen LogP contribution in [0.25, 0.3) is 0 Å². The Bertz CT molecular complexity index is 1380. The summed E-state index contributed by atoms with van der Waals surface area (Å²) in [6, 6.07) is 13.5. The molecule has 1 N–H and O–H groups in total. The quantitative estimate of drug-likeness (QED) is 0.306. The minimum absolute atomic E-state index is 0.0317. The van der Waals surface area contributed by atoms with Crippen molar-refractivity contribution < 1.29 is 27.6 Å². The minimum atomic E-state index is -4.62. The smallest absolute Gasteiger partial charge is 0.289 e. The molecule has 0 saturated heterocycles. The van der Waals surface area contributed by atoms with Gasteiger partial charge in [-0.2, -0.15) is 0 Å². The van der Waals surface area contributed by atoms with Gasteiger partial charge in [-0.25, -0.2) is 8.42 Å². The Hall–Kier alpha value is -3.54. The normalized spacial score (nSPS) is 11.0. The highest BCUT2D eigenvalue weighted by atomic mass is 35.5. The van der Waals surface area contributed by atoms with Gasteiger partial charge in [0.15, 0.2) is 4.90 Å². The number of nitro benzene ring substituents is 1. The molecule has 0 heterocycles. The van der Waals surface area contributed by atoms with Crippen LogP contribution in [0.3, 0.4) is 0 Å². The fourth-order valence-corrected chi connectivity index (χ4v) is 5.03. The molecule has 0 aliphatic carbocycles. The Morgan fingerprint density at radius 1 is 1.03 bits per heavy atom. The average molecular weight is 540 g/mol. The lowest BCUT2D eigenvalue weighted by molar-refractivity contribution is -0.387. The van der Waals surface area contributed by atoms with E-state index in [-0.39, 0.29) is 27.2 Å². The first kappa shape index (κ1) is 26.1. The van der Waals surface area contributed by atoms with Crippen LogP contribution in [-0.4, -0.2) is 40.0 Å². The van der Waals surface area contributed by atoms with Crippen molar-refractivity contribution in [3.63, 3.8) is 0 Å². The minimum Gasteiger partial charge on any atom is -0.497 e. The standard InChI is InChI=1S/C22H19Cl2N3O7S/c1-33-15-8-10-18(20(12-15)34-2)26(13-22(28)25-14-7-9-16(23)17(24)11-14)35(31,32)21-6-4-3-5-19(21)27(29)30/h3-12H,13H2,1-2H3,(H,25,28). The zero-order valence-corrected chi connectivity index (χ0v) is 20.7. The first-order valence-electron chi connectivity index (χ1n) is 9.81. The molecule has 35 heavy (non-hydrogen) atoms. The Balaban J connectivity index is 2.10. The lowest BCUT2D eigenvalue weighted by atomic mass is 10.2. The number of para-hydroxylation sites is 1. The number of rotatable bonds is 9. The van der Waals surface area contributed by atoms with Gasteiger partial charge in [0, 0.05) is 17.8 Å². The molecule has 0 aliphatic heterocycles. The summed E-state index contributed by atoms with van der Waals surface area (Å²) < 4.78 is 38.6.